The largest absolute Gasteiger partial charge is 0.497 e. The SMILES string of the molecule is COc1ccc(-c2ccnc3ccc4c(c23)NC2=C(C4)C(=O)CCC2)cc1. The number of allylic oxidation sites excluding steroid dienone is 2. The molecule has 0 radical (unpaired) electrons. The standard InChI is InChI=1S/C23H20N2O2/c1-27-16-8-5-14(6-9-16)17-11-12-24-20-10-7-15-13-18-19(3-2-4-21(18)26)25-23(15)22(17)20/h5-12,25H,2-4,13H2,1H3. The molecule has 1 aromatic heterocycles. The van der Waals surface area contributed by atoms with Gasteiger partial charge in [-0.15, -0.1) is 0 Å². The molecule has 4 nitrogen and oxygen atoms in total. The number of hydrogen-bond donors (Lipinski definition) is 1. The molecule has 1 aliphatic carbocycles. The van der Waals surface area contributed by atoms with Crippen molar-refractivity contribution in [3.05, 3.63) is 65.5 Å². The molecule has 1 aliphatic heterocycles. The summed E-state index contributed by atoms with van der Waals surface area (Å²) >= 11 is 0. The number of nitrogens with zero attached hydrogens (tertiary/aromatic N) is 1. The summed E-state index contributed by atoms with van der Waals surface area (Å²) < 4.78 is 5.29. The van der Waals surface area contributed by atoms with Gasteiger partial charge in [0.15, 0.2) is 5.78 Å². The van der Waals surface area contributed by atoms with Gasteiger partial charge in [0, 0.05) is 35.7 Å². The third kappa shape index (κ3) is 2.60. The highest BCUT2D eigenvalue weighted by atomic mass is 16.5. The Balaban J connectivity index is 1.70. The Morgan fingerprint density at radius 3 is 2.70 bits per heavy atom. The Kier molecular flexibility index (Phi) is 3.71. The lowest BCUT2D eigenvalue weighted by molar-refractivity contribution is -0.116. The number of aromatic nitrogens is 1. The molecular weight excluding hydrogens is 336 g/mol. The molecule has 0 unspecified atom stereocenters. The molecule has 2 heterocycles. The van der Waals surface area contributed by atoms with Crippen molar-refractivity contribution in [1.29, 1.82) is 0 Å². The highest BCUT2D eigenvalue weighted by Gasteiger charge is 2.27. The van der Waals surface area contributed by atoms with Crippen molar-refractivity contribution in [2.24, 2.45) is 0 Å². The minimum absolute atomic E-state index is 0.288. The maximum Gasteiger partial charge on any atom is 0.160 e. The molecule has 0 atom stereocenters. The number of carbonyl (C=O) groups excluding carboxylic acids is 1. The van der Waals surface area contributed by atoms with Crippen molar-refractivity contribution in [2.45, 2.75) is 25.7 Å². The molecule has 0 saturated heterocycles. The van der Waals surface area contributed by atoms with Gasteiger partial charge in [-0.3, -0.25) is 9.78 Å². The fraction of sp³-hybridized carbons (Fsp3) is 0.217. The van der Waals surface area contributed by atoms with E-state index in [2.05, 4.69) is 40.6 Å². The highest BCUT2D eigenvalue weighted by Crippen LogP contribution is 2.41. The number of carbonyl (C=O) groups is 1. The molecule has 27 heavy (non-hydrogen) atoms. The predicted molar refractivity (Wildman–Crippen MR) is 107 cm³/mol. The first kappa shape index (κ1) is 16.1. The molecule has 4 heteroatoms. The molecule has 3 aromatic rings. The third-order valence-corrected chi connectivity index (χ3v) is 5.57. The fourth-order valence-corrected chi connectivity index (χ4v) is 4.17. The molecule has 0 saturated carbocycles. The molecule has 2 aliphatic rings. The topological polar surface area (TPSA) is 51.2 Å². The Hall–Kier alpha value is -3.14. The van der Waals surface area contributed by atoms with Crippen LogP contribution in [0.5, 0.6) is 5.75 Å². The van der Waals surface area contributed by atoms with Gasteiger partial charge in [0.2, 0.25) is 0 Å². The Bertz CT molecular complexity index is 1100. The van der Waals surface area contributed by atoms with E-state index < -0.39 is 0 Å². The van der Waals surface area contributed by atoms with E-state index in [9.17, 15) is 4.79 Å². The number of pyridine rings is 1. The Morgan fingerprint density at radius 1 is 1.04 bits per heavy atom. The summed E-state index contributed by atoms with van der Waals surface area (Å²) in [6, 6.07) is 14.3. The fourth-order valence-electron chi connectivity index (χ4n) is 4.17. The zero-order valence-corrected chi connectivity index (χ0v) is 15.2. The van der Waals surface area contributed by atoms with Crippen molar-refractivity contribution in [2.75, 3.05) is 12.4 Å². The van der Waals surface area contributed by atoms with E-state index >= 15 is 0 Å². The van der Waals surface area contributed by atoms with Crippen molar-refractivity contribution in [3.63, 3.8) is 0 Å². The number of ketones is 1. The van der Waals surface area contributed by atoms with Crippen LogP contribution >= 0.6 is 0 Å². The number of nitrogens with one attached hydrogen (secondary N) is 1. The maximum absolute atomic E-state index is 12.3. The quantitative estimate of drug-likeness (QED) is 0.711. The second-order valence-electron chi connectivity index (χ2n) is 7.12. The monoisotopic (exact) mass is 356 g/mol. The van der Waals surface area contributed by atoms with Crippen molar-refractivity contribution >= 4 is 22.4 Å². The van der Waals surface area contributed by atoms with Crippen LogP contribution in [0.4, 0.5) is 5.69 Å². The van der Waals surface area contributed by atoms with Gasteiger partial charge in [0.05, 0.1) is 18.3 Å². The van der Waals surface area contributed by atoms with Crippen LogP contribution in [0.15, 0.2) is 59.9 Å². The van der Waals surface area contributed by atoms with E-state index in [0.717, 1.165) is 57.6 Å². The smallest absolute Gasteiger partial charge is 0.160 e. The lowest BCUT2D eigenvalue weighted by Gasteiger charge is -2.28. The Labute approximate surface area is 157 Å². The van der Waals surface area contributed by atoms with E-state index in [-0.39, 0.29) is 5.78 Å². The summed E-state index contributed by atoms with van der Waals surface area (Å²) in [5.74, 6) is 1.13. The first-order valence-corrected chi connectivity index (χ1v) is 9.32. The van der Waals surface area contributed by atoms with Gasteiger partial charge < -0.3 is 10.1 Å². The molecule has 0 fully saturated rings. The number of hydrogen-bond acceptors (Lipinski definition) is 4. The average molecular weight is 356 g/mol. The molecular formula is C23H20N2O2. The Morgan fingerprint density at radius 2 is 1.89 bits per heavy atom. The zero-order valence-electron chi connectivity index (χ0n) is 15.2. The second-order valence-corrected chi connectivity index (χ2v) is 7.12. The summed E-state index contributed by atoms with van der Waals surface area (Å²) in [5, 5.41) is 4.71. The first-order chi connectivity index (χ1) is 13.2. The second kappa shape index (κ2) is 6.23. The van der Waals surface area contributed by atoms with Gasteiger partial charge in [-0.2, -0.15) is 0 Å². The van der Waals surface area contributed by atoms with Gasteiger partial charge in [-0.05, 0) is 53.8 Å². The van der Waals surface area contributed by atoms with Crippen LogP contribution in [0, 0.1) is 0 Å². The summed E-state index contributed by atoms with van der Waals surface area (Å²) in [6.07, 6.45) is 5.10. The van der Waals surface area contributed by atoms with Crippen molar-refractivity contribution in [3.8, 4) is 16.9 Å². The third-order valence-electron chi connectivity index (χ3n) is 5.57. The van der Waals surface area contributed by atoms with Crippen LogP contribution in [0.1, 0.15) is 24.8 Å². The number of rotatable bonds is 2. The molecule has 1 N–H and O–H groups in total. The molecule has 0 bridgehead atoms. The number of fused-ring (bicyclic) bond motifs is 3. The number of methoxy groups -OCH3 is 1. The summed E-state index contributed by atoms with van der Waals surface area (Å²) in [4.78, 5) is 16.9. The summed E-state index contributed by atoms with van der Waals surface area (Å²) in [5.41, 5.74) is 7.54. The maximum atomic E-state index is 12.3. The zero-order chi connectivity index (χ0) is 18.4. The van der Waals surface area contributed by atoms with Gasteiger partial charge in [0.1, 0.15) is 5.75 Å². The van der Waals surface area contributed by atoms with Crippen LogP contribution in [0.3, 0.4) is 0 Å². The number of ether oxygens (including phenoxy) is 1. The lowest BCUT2D eigenvalue weighted by Crippen LogP contribution is -2.22. The van der Waals surface area contributed by atoms with Crippen LogP contribution in [0.2, 0.25) is 0 Å². The van der Waals surface area contributed by atoms with Crippen LogP contribution in [-0.2, 0) is 11.2 Å². The predicted octanol–water partition coefficient (Wildman–Crippen LogP) is 4.89. The van der Waals surface area contributed by atoms with Crippen molar-refractivity contribution in [1.82, 2.24) is 4.98 Å². The van der Waals surface area contributed by atoms with Crippen LogP contribution in [0.25, 0.3) is 22.0 Å². The molecule has 5 rings (SSSR count). The summed E-state index contributed by atoms with van der Waals surface area (Å²) in [7, 11) is 1.67. The minimum atomic E-state index is 0.288. The average Bonchev–Trinajstić information content (AvgIpc) is 2.72. The molecule has 134 valence electrons. The highest BCUT2D eigenvalue weighted by molar-refractivity contribution is 6.07. The van der Waals surface area contributed by atoms with Crippen molar-refractivity contribution < 1.29 is 9.53 Å². The molecule has 0 spiro atoms. The van der Waals surface area contributed by atoms with E-state index in [0.29, 0.717) is 12.8 Å². The molecule has 0 amide bonds. The normalized spacial score (nSPS) is 16.0. The lowest BCUT2D eigenvalue weighted by atomic mass is 9.85. The molecule has 2 aromatic carbocycles. The van der Waals surface area contributed by atoms with Gasteiger partial charge >= 0.3 is 0 Å². The van der Waals surface area contributed by atoms with E-state index in [1.54, 1.807) is 7.11 Å². The number of anilines is 1. The summed E-state index contributed by atoms with van der Waals surface area (Å²) in [6.45, 7) is 0. The van der Waals surface area contributed by atoms with E-state index in [1.165, 1.54) is 5.56 Å². The number of Topliss-reactive ketones (excluding diaryl/α,β-unsaturated/α-hetero) is 1. The van der Waals surface area contributed by atoms with Crippen LogP contribution in [-0.4, -0.2) is 17.9 Å². The number of benzene rings is 2. The van der Waals surface area contributed by atoms with Gasteiger partial charge in [-0.25, -0.2) is 0 Å². The minimum Gasteiger partial charge on any atom is -0.497 e. The van der Waals surface area contributed by atoms with Gasteiger partial charge in [0.25, 0.3) is 0 Å². The first-order valence-electron chi connectivity index (χ1n) is 9.32. The van der Waals surface area contributed by atoms with Crippen LogP contribution < -0.4 is 10.1 Å². The van der Waals surface area contributed by atoms with Gasteiger partial charge in [-0.1, -0.05) is 18.2 Å². The van der Waals surface area contributed by atoms with E-state index in [4.69, 9.17) is 4.74 Å². The van der Waals surface area contributed by atoms with E-state index in [1.807, 2.05) is 18.3 Å².